The number of aliphatic carboxylic acids is 1. The first-order valence-electron chi connectivity index (χ1n) is 8.30. The third kappa shape index (κ3) is 4.70. The summed E-state index contributed by atoms with van der Waals surface area (Å²) in [5.41, 5.74) is 5.67. The Kier molecular flexibility index (Phi) is 6.03. The van der Waals surface area contributed by atoms with Gasteiger partial charge in [-0.15, -0.1) is 0 Å². The summed E-state index contributed by atoms with van der Waals surface area (Å²) in [5.74, 6) is 0.539. The quantitative estimate of drug-likeness (QED) is 0.720. The molecule has 0 aromatic rings. The molecule has 2 saturated carbocycles. The molecule has 21 heavy (non-hydrogen) atoms. The number of amides is 1. The first-order valence-corrected chi connectivity index (χ1v) is 8.30. The molecule has 0 bridgehead atoms. The van der Waals surface area contributed by atoms with Gasteiger partial charge in [0.2, 0.25) is 5.91 Å². The van der Waals surface area contributed by atoms with Gasteiger partial charge in [-0.1, -0.05) is 0 Å². The summed E-state index contributed by atoms with van der Waals surface area (Å²) in [6, 6.07) is 0. The lowest BCUT2D eigenvalue weighted by atomic mass is 9.80. The molecular weight excluding hydrogens is 268 g/mol. The van der Waals surface area contributed by atoms with Gasteiger partial charge in [0.15, 0.2) is 0 Å². The van der Waals surface area contributed by atoms with Crippen molar-refractivity contribution in [3.8, 4) is 0 Å². The van der Waals surface area contributed by atoms with E-state index in [1.807, 2.05) is 0 Å². The Morgan fingerprint density at radius 3 is 1.95 bits per heavy atom. The fourth-order valence-corrected chi connectivity index (χ4v) is 3.66. The maximum Gasteiger partial charge on any atom is 0.306 e. The average molecular weight is 296 g/mol. The second-order valence-electron chi connectivity index (χ2n) is 6.75. The first-order chi connectivity index (χ1) is 10.1. The zero-order chi connectivity index (χ0) is 15.2. The standard InChI is InChI=1S/C16H28N2O3/c17-9-11-1-5-13(6-2-11)15(19)18-10-12-3-7-14(8-4-12)16(20)21/h11-14H,1-10,17H2,(H,18,19)(H,20,21). The number of carbonyl (C=O) groups is 2. The van der Waals surface area contributed by atoms with E-state index < -0.39 is 5.97 Å². The second-order valence-corrected chi connectivity index (χ2v) is 6.75. The second kappa shape index (κ2) is 7.78. The number of nitrogens with one attached hydrogen (secondary N) is 1. The molecule has 0 heterocycles. The van der Waals surface area contributed by atoms with Crippen LogP contribution in [0.5, 0.6) is 0 Å². The van der Waals surface area contributed by atoms with Gasteiger partial charge in [-0.3, -0.25) is 9.59 Å². The van der Waals surface area contributed by atoms with Gasteiger partial charge in [0, 0.05) is 12.5 Å². The molecule has 5 nitrogen and oxygen atoms in total. The van der Waals surface area contributed by atoms with E-state index >= 15 is 0 Å². The Morgan fingerprint density at radius 2 is 1.43 bits per heavy atom. The van der Waals surface area contributed by atoms with Crippen molar-refractivity contribution in [2.75, 3.05) is 13.1 Å². The molecule has 0 unspecified atom stereocenters. The van der Waals surface area contributed by atoms with E-state index in [0.717, 1.165) is 57.9 Å². The van der Waals surface area contributed by atoms with Crippen LogP contribution in [0.25, 0.3) is 0 Å². The number of nitrogens with two attached hydrogens (primary N) is 1. The Balaban J connectivity index is 1.65. The van der Waals surface area contributed by atoms with Crippen LogP contribution in [0.2, 0.25) is 0 Å². The molecule has 2 aliphatic carbocycles. The number of carboxylic acids is 1. The van der Waals surface area contributed by atoms with Gasteiger partial charge in [-0.05, 0) is 69.7 Å². The largest absolute Gasteiger partial charge is 0.481 e. The SMILES string of the molecule is NCC1CCC(C(=O)NCC2CCC(C(=O)O)CC2)CC1. The van der Waals surface area contributed by atoms with Crippen LogP contribution in [0.3, 0.4) is 0 Å². The highest BCUT2D eigenvalue weighted by molar-refractivity contribution is 5.78. The number of carboxylic acid groups (broad SMARTS) is 1. The lowest BCUT2D eigenvalue weighted by Gasteiger charge is -2.29. The summed E-state index contributed by atoms with van der Waals surface area (Å²) in [6.45, 7) is 1.45. The highest BCUT2D eigenvalue weighted by Crippen LogP contribution is 2.30. The number of hydrogen-bond acceptors (Lipinski definition) is 3. The van der Waals surface area contributed by atoms with Crippen LogP contribution in [-0.2, 0) is 9.59 Å². The van der Waals surface area contributed by atoms with Crippen LogP contribution in [0, 0.1) is 23.7 Å². The van der Waals surface area contributed by atoms with Crippen molar-refractivity contribution < 1.29 is 14.7 Å². The monoisotopic (exact) mass is 296 g/mol. The molecule has 0 atom stereocenters. The molecule has 5 heteroatoms. The van der Waals surface area contributed by atoms with Gasteiger partial charge in [0.05, 0.1) is 5.92 Å². The fraction of sp³-hybridized carbons (Fsp3) is 0.875. The molecule has 0 saturated heterocycles. The van der Waals surface area contributed by atoms with Crippen molar-refractivity contribution in [1.82, 2.24) is 5.32 Å². The predicted molar refractivity (Wildman–Crippen MR) is 80.6 cm³/mol. The summed E-state index contributed by atoms with van der Waals surface area (Å²) in [4.78, 5) is 23.1. The van der Waals surface area contributed by atoms with E-state index in [1.165, 1.54) is 0 Å². The summed E-state index contributed by atoms with van der Waals surface area (Å²) in [6.07, 6.45) is 7.37. The molecule has 4 N–H and O–H groups in total. The van der Waals surface area contributed by atoms with Gasteiger partial charge in [0.25, 0.3) is 0 Å². The third-order valence-corrected chi connectivity index (χ3v) is 5.31. The van der Waals surface area contributed by atoms with E-state index in [-0.39, 0.29) is 17.7 Å². The zero-order valence-corrected chi connectivity index (χ0v) is 12.7. The van der Waals surface area contributed by atoms with Crippen molar-refractivity contribution in [2.24, 2.45) is 29.4 Å². The Labute approximate surface area is 126 Å². The molecule has 0 radical (unpaired) electrons. The minimum atomic E-state index is -0.672. The van der Waals surface area contributed by atoms with Crippen molar-refractivity contribution in [3.63, 3.8) is 0 Å². The Bertz CT molecular complexity index is 357. The smallest absolute Gasteiger partial charge is 0.306 e. The van der Waals surface area contributed by atoms with Crippen LogP contribution in [0.15, 0.2) is 0 Å². The van der Waals surface area contributed by atoms with Crippen molar-refractivity contribution in [2.45, 2.75) is 51.4 Å². The highest BCUT2D eigenvalue weighted by Gasteiger charge is 2.28. The summed E-state index contributed by atoms with van der Waals surface area (Å²) in [7, 11) is 0. The Hall–Kier alpha value is -1.10. The maximum absolute atomic E-state index is 12.2. The van der Waals surface area contributed by atoms with Gasteiger partial charge >= 0.3 is 5.97 Å². The van der Waals surface area contributed by atoms with E-state index in [1.54, 1.807) is 0 Å². The fourth-order valence-electron chi connectivity index (χ4n) is 3.66. The van der Waals surface area contributed by atoms with Crippen LogP contribution < -0.4 is 11.1 Å². The number of carbonyl (C=O) groups excluding carboxylic acids is 1. The maximum atomic E-state index is 12.2. The lowest BCUT2D eigenvalue weighted by Crippen LogP contribution is -2.38. The first kappa shape index (κ1) is 16.3. The van der Waals surface area contributed by atoms with Gasteiger partial charge < -0.3 is 16.2 Å². The molecule has 1 amide bonds. The molecule has 2 rings (SSSR count). The normalized spacial score (nSPS) is 33.4. The van der Waals surface area contributed by atoms with Crippen LogP contribution >= 0.6 is 0 Å². The molecule has 2 aliphatic rings. The summed E-state index contributed by atoms with van der Waals surface area (Å²) >= 11 is 0. The van der Waals surface area contributed by atoms with Crippen LogP contribution in [0.1, 0.15) is 51.4 Å². The topological polar surface area (TPSA) is 92.4 Å². The van der Waals surface area contributed by atoms with Crippen molar-refractivity contribution in [3.05, 3.63) is 0 Å². The molecule has 120 valence electrons. The van der Waals surface area contributed by atoms with Gasteiger partial charge in [-0.25, -0.2) is 0 Å². The summed E-state index contributed by atoms with van der Waals surface area (Å²) < 4.78 is 0. The minimum Gasteiger partial charge on any atom is -0.481 e. The minimum absolute atomic E-state index is 0.156. The van der Waals surface area contributed by atoms with Crippen molar-refractivity contribution in [1.29, 1.82) is 0 Å². The van der Waals surface area contributed by atoms with Gasteiger partial charge in [0.1, 0.15) is 0 Å². The molecular formula is C16H28N2O3. The molecule has 0 spiro atoms. The Morgan fingerprint density at radius 1 is 0.905 bits per heavy atom. The van der Waals surface area contributed by atoms with E-state index in [2.05, 4.69) is 5.32 Å². The van der Waals surface area contributed by atoms with Crippen molar-refractivity contribution >= 4 is 11.9 Å². The molecule has 0 aromatic carbocycles. The number of hydrogen-bond donors (Lipinski definition) is 3. The van der Waals surface area contributed by atoms with Crippen LogP contribution in [-0.4, -0.2) is 30.1 Å². The predicted octanol–water partition coefficient (Wildman–Crippen LogP) is 1.76. The lowest BCUT2D eigenvalue weighted by molar-refractivity contribution is -0.143. The molecule has 0 aromatic heterocycles. The van der Waals surface area contributed by atoms with E-state index in [0.29, 0.717) is 18.4 Å². The highest BCUT2D eigenvalue weighted by atomic mass is 16.4. The molecule has 2 fully saturated rings. The number of rotatable bonds is 5. The molecule has 0 aliphatic heterocycles. The summed E-state index contributed by atoms with van der Waals surface area (Å²) in [5, 5.41) is 12.1. The van der Waals surface area contributed by atoms with E-state index in [9.17, 15) is 9.59 Å². The average Bonchev–Trinajstić information content (AvgIpc) is 2.53. The third-order valence-electron chi connectivity index (χ3n) is 5.31. The van der Waals surface area contributed by atoms with E-state index in [4.69, 9.17) is 10.8 Å². The zero-order valence-electron chi connectivity index (χ0n) is 12.7. The van der Waals surface area contributed by atoms with Crippen LogP contribution in [0.4, 0.5) is 0 Å². The van der Waals surface area contributed by atoms with Gasteiger partial charge in [-0.2, -0.15) is 0 Å².